The molecule has 1 aromatic heterocycles. The molecule has 1 atom stereocenters. The number of carbonyl (C=O) groups is 2. The van der Waals surface area contributed by atoms with Gasteiger partial charge in [-0.1, -0.05) is 0 Å². The lowest BCUT2D eigenvalue weighted by atomic mass is 10.00. The number of hydrogen-bond donors (Lipinski definition) is 0. The van der Waals surface area contributed by atoms with E-state index in [0.29, 0.717) is 18.5 Å². The third-order valence-electron chi connectivity index (χ3n) is 4.28. The fourth-order valence-electron chi connectivity index (χ4n) is 3.06. The van der Waals surface area contributed by atoms with Gasteiger partial charge in [0.15, 0.2) is 5.78 Å². The van der Waals surface area contributed by atoms with E-state index in [9.17, 15) is 9.59 Å². The van der Waals surface area contributed by atoms with Crippen molar-refractivity contribution in [3.8, 4) is 5.75 Å². The Morgan fingerprint density at radius 1 is 1.29 bits per heavy atom. The van der Waals surface area contributed by atoms with Gasteiger partial charge in [-0.25, -0.2) is 4.98 Å². The summed E-state index contributed by atoms with van der Waals surface area (Å²) in [5.41, 5.74) is 1.76. The van der Waals surface area contributed by atoms with Gasteiger partial charge in [0, 0.05) is 24.5 Å². The van der Waals surface area contributed by atoms with Crippen molar-refractivity contribution in [2.24, 2.45) is 0 Å². The van der Waals surface area contributed by atoms with Crippen LogP contribution >= 0.6 is 0 Å². The SMILES string of the molecule is COc1ccc(C(=O)C2CCCN2C(=O)c2cnccn2)cc1C. The van der Waals surface area contributed by atoms with E-state index in [0.717, 1.165) is 17.7 Å². The number of rotatable bonds is 4. The van der Waals surface area contributed by atoms with Crippen LogP contribution in [0.1, 0.15) is 39.3 Å². The van der Waals surface area contributed by atoms with Gasteiger partial charge in [-0.05, 0) is 43.5 Å². The minimum absolute atomic E-state index is 0.0458. The topological polar surface area (TPSA) is 72.4 Å². The van der Waals surface area contributed by atoms with E-state index in [2.05, 4.69) is 9.97 Å². The molecule has 2 heterocycles. The second-order valence-electron chi connectivity index (χ2n) is 5.80. The molecule has 1 unspecified atom stereocenters. The molecule has 1 amide bonds. The van der Waals surface area contributed by atoms with Crippen LogP contribution in [0.3, 0.4) is 0 Å². The molecular formula is C18H19N3O3. The fraction of sp³-hybridized carbons (Fsp3) is 0.333. The van der Waals surface area contributed by atoms with E-state index in [1.807, 2.05) is 13.0 Å². The summed E-state index contributed by atoms with van der Waals surface area (Å²) in [6.45, 7) is 2.45. The monoisotopic (exact) mass is 325 g/mol. The predicted molar refractivity (Wildman–Crippen MR) is 88.2 cm³/mol. The van der Waals surface area contributed by atoms with Crippen molar-refractivity contribution in [3.63, 3.8) is 0 Å². The Hall–Kier alpha value is -2.76. The number of amides is 1. The van der Waals surface area contributed by atoms with Crippen LogP contribution in [0.4, 0.5) is 0 Å². The van der Waals surface area contributed by atoms with Crippen LogP contribution in [-0.2, 0) is 0 Å². The Morgan fingerprint density at radius 3 is 2.79 bits per heavy atom. The number of carbonyl (C=O) groups excluding carboxylic acids is 2. The summed E-state index contributed by atoms with van der Waals surface area (Å²) in [6.07, 6.45) is 5.89. The molecule has 1 fully saturated rings. The van der Waals surface area contributed by atoms with Crippen LogP contribution in [0.15, 0.2) is 36.8 Å². The molecule has 0 N–H and O–H groups in total. The molecule has 1 aromatic carbocycles. The Bertz CT molecular complexity index is 761. The highest BCUT2D eigenvalue weighted by Gasteiger charge is 2.35. The van der Waals surface area contributed by atoms with E-state index in [-0.39, 0.29) is 17.4 Å². The molecular weight excluding hydrogens is 306 g/mol. The number of ketones is 1. The number of benzene rings is 1. The average Bonchev–Trinajstić information content (AvgIpc) is 3.10. The van der Waals surface area contributed by atoms with Gasteiger partial charge in [0.2, 0.25) is 0 Å². The third kappa shape index (κ3) is 2.99. The zero-order chi connectivity index (χ0) is 17.1. The number of methoxy groups -OCH3 is 1. The molecule has 0 spiro atoms. The number of nitrogens with zero attached hydrogens (tertiary/aromatic N) is 3. The normalized spacial score (nSPS) is 16.9. The van der Waals surface area contributed by atoms with Crippen LogP contribution < -0.4 is 4.74 Å². The van der Waals surface area contributed by atoms with Gasteiger partial charge >= 0.3 is 0 Å². The highest BCUT2D eigenvalue weighted by atomic mass is 16.5. The first-order chi connectivity index (χ1) is 11.6. The summed E-state index contributed by atoms with van der Waals surface area (Å²) < 4.78 is 5.23. The molecule has 0 radical (unpaired) electrons. The Labute approximate surface area is 140 Å². The van der Waals surface area contributed by atoms with E-state index in [1.54, 1.807) is 24.1 Å². The number of ether oxygens (including phenoxy) is 1. The van der Waals surface area contributed by atoms with Crippen LogP contribution in [0.25, 0.3) is 0 Å². The van der Waals surface area contributed by atoms with Crippen molar-refractivity contribution in [2.45, 2.75) is 25.8 Å². The quantitative estimate of drug-likeness (QED) is 0.806. The summed E-state index contributed by atoms with van der Waals surface area (Å²) in [6, 6.07) is 4.89. The molecule has 3 rings (SSSR count). The Morgan fingerprint density at radius 2 is 2.12 bits per heavy atom. The lowest BCUT2D eigenvalue weighted by molar-refractivity contribution is 0.0666. The first kappa shape index (κ1) is 16.1. The van der Waals surface area contributed by atoms with E-state index in [1.165, 1.54) is 18.6 Å². The number of hydrogen-bond acceptors (Lipinski definition) is 5. The zero-order valence-electron chi connectivity index (χ0n) is 13.7. The molecule has 1 saturated heterocycles. The van der Waals surface area contributed by atoms with Gasteiger partial charge in [0.05, 0.1) is 19.3 Å². The summed E-state index contributed by atoms with van der Waals surface area (Å²) in [7, 11) is 1.60. The van der Waals surface area contributed by atoms with Crippen molar-refractivity contribution >= 4 is 11.7 Å². The second kappa shape index (κ2) is 6.78. The average molecular weight is 325 g/mol. The molecule has 0 aliphatic carbocycles. The van der Waals surface area contributed by atoms with E-state index < -0.39 is 6.04 Å². The van der Waals surface area contributed by atoms with Gasteiger partial charge in [-0.2, -0.15) is 0 Å². The molecule has 1 aliphatic heterocycles. The maximum atomic E-state index is 12.9. The Kier molecular flexibility index (Phi) is 4.55. The molecule has 2 aromatic rings. The van der Waals surface area contributed by atoms with Crippen molar-refractivity contribution in [2.75, 3.05) is 13.7 Å². The fourth-order valence-corrected chi connectivity index (χ4v) is 3.06. The molecule has 24 heavy (non-hydrogen) atoms. The van der Waals surface area contributed by atoms with Gasteiger partial charge in [0.1, 0.15) is 11.4 Å². The molecule has 0 bridgehead atoms. The standard InChI is InChI=1S/C18H19N3O3/c1-12-10-13(5-6-16(12)24-2)17(22)15-4-3-9-21(15)18(23)14-11-19-7-8-20-14/h5-8,10-11,15H,3-4,9H2,1-2H3. The lowest BCUT2D eigenvalue weighted by Crippen LogP contribution is -2.41. The van der Waals surface area contributed by atoms with Gasteiger partial charge in [-0.15, -0.1) is 0 Å². The van der Waals surface area contributed by atoms with Crippen LogP contribution in [0.5, 0.6) is 5.75 Å². The van der Waals surface area contributed by atoms with Crippen LogP contribution in [0.2, 0.25) is 0 Å². The van der Waals surface area contributed by atoms with Crippen LogP contribution in [0, 0.1) is 6.92 Å². The number of likely N-dealkylation sites (tertiary alicyclic amines) is 1. The van der Waals surface area contributed by atoms with E-state index in [4.69, 9.17) is 4.74 Å². The van der Waals surface area contributed by atoms with E-state index >= 15 is 0 Å². The van der Waals surface area contributed by atoms with Crippen LogP contribution in [-0.4, -0.2) is 46.3 Å². The highest BCUT2D eigenvalue weighted by molar-refractivity contribution is 6.04. The molecule has 6 nitrogen and oxygen atoms in total. The minimum atomic E-state index is -0.452. The van der Waals surface area contributed by atoms with Crippen molar-refractivity contribution in [1.29, 1.82) is 0 Å². The van der Waals surface area contributed by atoms with Gasteiger partial charge in [-0.3, -0.25) is 14.6 Å². The Balaban J connectivity index is 1.84. The first-order valence-corrected chi connectivity index (χ1v) is 7.87. The largest absolute Gasteiger partial charge is 0.496 e. The molecule has 0 saturated carbocycles. The summed E-state index contributed by atoms with van der Waals surface area (Å²) in [5.74, 6) is 0.449. The highest BCUT2D eigenvalue weighted by Crippen LogP contribution is 2.25. The van der Waals surface area contributed by atoms with Gasteiger partial charge in [0.25, 0.3) is 5.91 Å². The van der Waals surface area contributed by atoms with Crippen molar-refractivity contribution in [3.05, 3.63) is 53.6 Å². The molecule has 6 heteroatoms. The minimum Gasteiger partial charge on any atom is -0.496 e. The predicted octanol–water partition coefficient (Wildman–Crippen LogP) is 2.28. The summed E-state index contributed by atoms with van der Waals surface area (Å²) in [5, 5.41) is 0. The summed E-state index contributed by atoms with van der Waals surface area (Å²) in [4.78, 5) is 35.1. The number of aromatic nitrogens is 2. The smallest absolute Gasteiger partial charge is 0.274 e. The van der Waals surface area contributed by atoms with Crippen molar-refractivity contribution in [1.82, 2.24) is 14.9 Å². The third-order valence-corrected chi connectivity index (χ3v) is 4.28. The van der Waals surface area contributed by atoms with Gasteiger partial charge < -0.3 is 9.64 Å². The number of Topliss-reactive ketones (excluding diaryl/α,β-unsaturated/α-hetero) is 1. The lowest BCUT2D eigenvalue weighted by Gasteiger charge is -2.23. The molecule has 1 aliphatic rings. The second-order valence-corrected chi connectivity index (χ2v) is 5.80. The molecule has 124 valence electrons. The zero-order valence-corrected chi connectivity index (χ0v) is 13.7. The maximum absolute atomic E-state index is 12.9. The number of aryl methyl sites for hydroxylation is 1. The first-order valence-electron chi connectivity index (χ1n) is 7.87. The summed E-state index contributed by atoms with van der Waals surface area (Å²) >= 11 is 0. The van der Waals surface area contributed by atoms with Crippen molar-refractivity contribution < 1.29 is 14.3 Å². The maximum Gasteiger partial charge on any atom is 0.274 e.